The molecule has 0 atom stereocenters. The lowest BCUT2D eigenvalue weighted by molar-refractivity contribution is 0.101. The zero-order valence-electron chi connectivity index (χ0n) is 11.3. The first-order valence-electron chi connectivity index (χ1n) is 6.11. The van der Waals surface area contributed by atoms with Crippen LogP contribution in [0, 0.1) is 6.92 Å². The number of nitrogens with zero attached hydrogens (tertiary/aromatic N) is 2. The minimum atomic E-state index is -0.372. The molecule has 1 amide bonds. The lowest BCUT2D eigenvalue weighted by atomic mass is 10.3. The van der Waals surface area contributed by atoms with Crippen LogP contribution in [0.5, 0.6) is 5.75 Å². The lowest BCUT2D eigenvalue weighted by Gasteiger charge is -2.07. The van der Waals surface area contributed by atoms with Crippen molar-refractivity contribution in [1.82, 2.24) is 15.2 Å². The number of amides is 1. The number of methoxy groups -OCH3 is 1. The monoisotopic (exact) mass is 276 g/mol. The van der Waals surface area contributed by atoms with Crippen molar-refractivity contribution in [3.8, 4) is 5.75 Å². The maximum absolute atomic E-state index is 11.9. The second kappa shape index (κ2) is 6.67. The summed E-state index contributed by atoms with van der Waals surface area (Å²) in [6, 6.07) is 7.09. The van der Waals surface area contributed by atoms with E-state index >= 15 is 0 Å². The molecule has 0 fully saturated rings. The Morgan fingerprint density at radius 1 is 1.40 bits per heavy atom. The third-order valence-electron chi connectivity index (χ3n) is 2.45. The van der Waals surface area contributed by atoms with E-state index in [1.807, 2.05) is 6.07 Å². The molecule has 0 saturated heterocycles. The maximum Gasteiger partial charge on any atom is 0.295 e. The first-order chi connectivity index (χ1) is 9.69. The molecule has 0 bridgehead atoms. The van der Waals surface area contributed by atoms with Crippen molar-refractivity contribution in [1.29, 1.82) is 0 Å². The van der Waals surface area contributed by atoms with Gasteiger partial charge >= 0.3 is 0 Å². The van der Waals surface area contributed by atoms with E-state index in [4.69, 9.17) is 9.47 Å². The number of H-pyrrole nitrogens is 1. The highest BCUT2D eigenvalue weighted by Gasteiger charge is 2.11. The molecule has 1 aromatic heterocycles. The molecule has 0 saturated carbocycles. The molecule has 0 unspecified atom stereocenters. The summed E-state index contributed by atoms with van der Waals surface area (Å²) in [6.07, 6.45) is 0. The number of benzene rings is 1. The van der Waals surface area contributed by atoms with E-state index in [-0.39, 0.29) is 11.7 Å². The number of ether oxygens (including phenoxy) is 2. The summed E-state index contributed by atoms with van der Waals surface area (Å²) in [5.74, 6) is 0.981. The molecular weight excluding hydrogens is 260 g/mol. The molecule has 20 heavy (non-hydrogen) atoms. The van der Waals surface area contributed by atoms with Gasteiger partial charge in [-0.15, -0.1) is 5.10 Å². The molecule has 1 heterocycles. The highest BCUT2D eigenvalue weighted by Crippen LogP contribution is 2.17. The van der Waals surface area contributed by atoms with Crippen LogP contribution in [0.3, 0.4) is 0 Å². The van der Waals surface area contributed by atoms with Gasteiger partial charge in [0.2, 0.25) is 5.82 Å². The van der Waals surface area contributed by atoms with E-state index in [0.717, 1.165) is 0 Å². The first kappa shape index (κ1) is 14.0. The van der Waals surface area contributed by atoms with Crippen LogP contribution in [0.2, 0.25) is 0 Å². The van der Waals surface area contributed by atoms with Gasteiger partial charge in [0.1, 0.15) is 18.2 Å². The predicted molar refractivity (Wildman–Crippen MR) is 72.9 cm³/mol. The summed E-state index contributed by atoms with van der Waals surface area (Å²) < 4.78 is 10.4. The van der Waals surface area contributed by atoms with Crippen LogP contribution in [-0.4, -0.2) is 41.4 Å². The van der Waals surface area contributed by atoms with Crippen molar-refractivity contribution in [2.24, 2.45) is 0 Å². The number of aryl methyl sites for hydroxylation is 1. The van der Waals surface area contributed by atoms with E-state index in [2.05, 4.69) is 20.5 Å². The van der Waals surface area contributed by atoms with E-state index in [0.29, 0.717) is 30.5 Å². The third-order valence-corrected chi connectivity index (χ3v) is 2.45. The predicted octanol–water partition coefficient (Wildman–Crippen LogP) is 1.39. The molecule has 7 heteroatoms. The van der Waals surface area contributed by atoms with Crippen LogP contribution < -0.4 is 10.1 Å². The van der Waals surface area contributed by atoms with E-state index in [1.165, 1.54) is 0 Å². The van der Waals surface area contributed by atoms with Crippen molar-refractivity contribution in [2.45, 2.75) is 6.92 Å². The number of aromatic nitrogens is 3. The standard InChI is InChI=1S/C13H16N4O3/c1-9-14-12(17-16-9)13(18)15-10-4-3-5-11(8-10)20-7-6-19-2/h3-5,8H,6-7H2,1-2H3,(H,15,18)(H,14,16,17). The maximum atomic E-state index is 11.9. The number of anilines is 1. The minimum absolute atomic E-state index is 0.105. The van der Waals surface area contributed by atoms with Crippen molar-refractivity contribution < 1.29 is 14.3 Å². The van der Waals surface area contributed by atoms with Crippen LogP contribution in [0.15, 0.2) is 24.3 Å². The number of nitrogens with one attached hydrogen (secondary N) is 2. The number of carbonyl (C=O) groups excluding carboxylic acids is 1. The van der Waals surface area contributed by atoms with E-state index in [1.54, 1.807) is 32.2 Å². The zero-order chi connectivity index (χ0) is 14.4. The third kappa shape index (κ3) is 3.79. The van der Waals surface area contributed by atoms with Crippen LogP contribution in [0.1, 0.15) is 16.4 Å². The number of hydrogen-bond donors (Lipinski definition) is 2. The van der Waals surface area contributed by atoms with Gasteiger partial charge in [-0.05, 0) is 19.1 Å². The molecule has 0 aliphatic heterocycles. The van der Waals surface area contributed by atoms with Crippen molar-refractivity contribution in [2.75, 3.05) is 25.6 Å². The summed E-state index contributed by atoms with van der Waals surface area (Å²) in [5, 5.41) is 9.13. The number of rotatable bonds is 6. The lowest BCUT2D eigenvalue weighted by Crippen LogP contribution is -2.14. The smallest absolute Gasteiger partial charge is 0.295 e. The zero-order valence-corrected chi connectivity index (χ0v) is 11.3. The van der Waals surface area contributed by atoms with Crippen LogP contribution in [-0.2, 0) is 4.74 Å². The summed E-state index contributed by atoms with van der Waals surface area (Å²) >= 11 is 0. The number of hydrogen-bond acceptors (Lipinski definition) is 5. The van der Waals surface area contributed by atoms with Gasteiger partial charge in [-0.3, -0.25) is 9.89 Å². The Labute approximate surface area is 116 Å². The minimum Gasteiger partial charge on any atom is -0.491 e. The molecule has 2 N–H and O–H groups in total. The number of carbonyl (C=O) groups is 1. The molecule has 0 aliphatic rings. The first-order valence-corrected chi connectivity index (χ1v) is 6.11. The highest BCUT2D eigenvalue weighted by atomic mass is 16.5. The largest absolute Gasteiger partial charge is 0.491 e. The Balaban J connectivity index is 1.98. The quantitative estimate of drug-likeness (QED) is 0.778. The highest BCUT2D eigenvalue weighted by molar-refractivity contribution is 6.01. The van der Waals surface area contributed by atoms with Gasteiger partial charge in [0.15, 0.2) is 0 Å². The Bertz CT molecular complexity index is 583. The van der Waals surface area contributed by atoms with Gasteiger partial charge < -0.3 is 14.8 Å². The fourth-order valence-electron chi connectivity index (χ4n) is 1.54. The van der Waals surface area contributed by atoms with E-state index in [9.17, 15) is 4.79 Å². The molecule has 7 nitrogen and oxygen atoms in total. The van der Waals surface area contributed by atoms with Gasteiger partial charge in [-0.2, -0.15) is 0 Å². The summed E-state index contributed by atoms with van der Waals surface area (Å²) in [6.45, 7) is 2.69. The summed E-state index contributed by atoms with van der Waals surface area (Å²) in [5.41, 5.74) is 0.618. The molecular formula is C13H16N4O3. The summed E-state index contributed by atoms with van der Waals surface area (Å²) in [7, 11) is 1.61. The number of aromatic amines is 1. The molecule has 1 aromatic carbocycles. The van der Waals surface area contributed by atoms with Gasteiger partial charge in [0.25, 0.3) is 5.91 Å². The SMILES string of the molecule is COCCOc1cccc(NC(=O)c2n[nH]c(C)n2)c1. The average Bonchev–Trinajstić information content (AvgIpc) is 2.86. The van der Waals surface area contributed by atoms with Crippen LogP contribution in [0.4, 0.5) is 5.69 Å². The molecule has 2 rings (SSSR count). The van der Waals surface area contributed by atoms with Gasteiger partial charge in [0.05, 0.1) is 6.61 Å². The topological polar surface area (TPSA) is 89.1 Å². The van der Waals surface area contributed by atoms with Gasteiger partial charge in [-0.1, -0.05) is 6.07 Å². The van der Waals surface area contributed by atoms with Crippen molar-refractivity contribution in [3.63, 3.8) is 0 Å². The normalized spacial score (nSPS) is 10.3. The van der Waals surface area contributed by atoms with Crippen LogP contribution >= 0.6 is 0 Å². The Morgan fingerprint density at radius 3 is 2.95 bits per heavy atom. The molecule has 0 spiro atoms. The Hall–Kier alpha value is -2.41. The summed E-state index contributed by atoms with van der Waals surface area (Å²) in [4.78, 5) is 15.8. The van der Waals surface area contributed by atoms with Crippen molar-refractivity contribution >= 4 is 11.6 Å². The van der Waals surface area contributed by atoms with Gasteiger partial charge in [0, 0.05) is 18.9 Å². The second-order valence-corrected chi connectivity index (χ2v) is 4.07. The molecule has 0 aliphatic carbocycles. The second-order valence-electron chi connectivity index (χ2n) is 4.07. The molecule has 0 radical (unpaired) electrons. The molecule has 106 valence electrons. The van der Waals surface area contributed by atoms with Gasteiger partial charge in [-0.25, -0.2) is 4.98 Å². The average molecular weight is 276 g/mol. The van der Waals surface area contributed by atoms with E-state index < -0.39 is 0 Å². The fourth-order valence-corrected chi connectivity index (χ4v) is 1.54. The Kier molecular flexibility index (Phi) is 4.67. The Morgan fingerprint density at radius 2 is 2.25 bits per heavy atom. The van der Waals surface area contributed by atoms with Crippen molar-refractivity contribution in [3.05, 3.63) is 35.9 Å². The molecule has 2 aromatic rings. The van der Waals surface area contributed by atoms with Crippen LogP contribution in [0.25, 0.3) is 0 Å². The fraction of sp³-hybridized carbons (Fsp3) is 0.308.